The molecule has 0 atom stereocenters. The van der Waals surface area contributed by atoms with Crippen molar-refractivity contribution >= 4 is 12.0 Å². The highest BCUT2D eigenvalue weighted by atomic mass is 19.1. The zero-order valence-corrected chi connectivity index (χ0v) is 12.4. The number of aldehydes is 1. The maximum Gasteiger partial charge on any atom is 0.152 e. The first-order valence-corrected chi connectivity index (χ1v) is 7.52. The van der Waals surface area contributed by atoms with Gasteiger partial charge in [-0.05, 0) is 23.8 Å². The average molecular weight is 298 g/mol. The summed E-state index contributed by atoms with van der Waals surface area (Å²) in [5.41, 5.74) is 2.57. The molecule has 1 aliphatic heterocycles. The number of carbonyl (C=O) groups excluding carboxylic acids is 1. The van der Waals surface area contributed by atoms with E-state index in [1.165, 1.54) is 17.7 Å². The van der Waals surface area contributed by atoms with Crippen molar-refractivity contribution in [1.82, 2.24) is 4.90 Å². The van der Waals surface area contributed by atoms with Gasteiger partial charge in [0, 0.05) is 44.0 Å². The molecule has 0 radical (unpaired) electrons. The second kappa shape index (κ2) is 6.71. The van der Waals surface area contributed by atoms with E-state index < -0.39 is 0 Å². The summed E-state index contributed by atoms with van der Waals surface area (Å²) in [7, 11) is 0. The van der Waals surface area contributed by atoms with Crippen LogP contribution in [0.5, 0.6) is 0 Å². The van der Waals surface area contributed by atoms with Gasteiger partial charge in [-0.25, -0.2) is 4.39 Å². The molecule has 2 aromatic rings. The summed E-state index contributed by atoms with van der Waals surface area (Å²) in [5, 5.41) is 0. The van der Waals surface area contributed by atoms with Crippen LogP contribution in [0.15, 0.2) is 48.5 Å². The van der Waals surface area contributed by atoms with Gasteiger partial charge in [-0.15, -0.1) is 0 Å². The van der Waals surface area contributed by atoms with Crippen LogP contribution in [0.1, 0.15) is 15.9 Å². The van der Waals surface area contributed by atoms with Gasteiger partial charge in [0.15, 0.2) is 6.29 Å². The van der Waals surface area contributed by atoms with Crippen molar-refractivity contribution < 1.29 is 9.18 Å². The Morgan fingerprint density at radius 2 is 1.73 bits per heavy atom. The third kappa shape index (κ3) is 3.34. The first-order valence-electron chi connectivity index (χ1n) is 7.52. The highest BCUT2D eigenvalue weighted by molar-refractivity contribution is 5.84. The summed E-state index contributed by atoms with van der Waals surface area (Å²) in [6, 6.07) is 14.8. The zero-order valence-electron chi connectivity index (χ0n) is 12.4. The lowest BCUT2D eigenvalue weighted by Crippen LogP contribution is -2.46. The maximum atomic E-state index is 13.2. The van der Waals surface area contributed by atoms with Gasteiger partial charge < -0.3 is 4.90 Å². The molecule has 4 heteroatoms. The molecule has 0 amide bonds. The maximum absolute atomic E-state index is 13.2. The molecule has 22 heavy (non-hydrogen) atoms. The molecule has 0 spiro atoms. The van der Waals surface area contributed by atoms with Gasteiger partial charge in [-0.3, -0.25) is 9.69 Å². The highest BCUT2D eigenvalue weighted by Gasteiger charge is 2.19. The quantitative estimate of drug-likeness (QED) is 0.811. The van der Waals surface area contributed by atoms with Crippen LogP contribution in [0.2, 0.25) is 0 Å². The molecule has 0 unspecified atom stereocenters. The molecule has 0 saturated carbocycles. The summed E-state index contributed by atoms with van der Waals surface area (Å²) in [5.74, 6) is -0.367. The lowest BCUT2D eigenvalue weighted by molar-refractivity contribution is 0.112. The van der Waals surface area contributed by atoms with Crippen LogP contribution < -0.4 is 4.90 Å². The van der Waals surface area contributed by atoms with Crippen molar-refractivity contribution in [1.29, 1.82) is 0 Å². The number of piperazine rings is 1. The fourth-order valence-electron chi connectivity index (χ4n) is 2.90. The first kappa shape index (κ1) is 14.7. The summed E-state index contributed by atoms with van der Waals surface area (Å²) >= 11 is 0. The standard InChI is InChI=1S/C18H19FN2O/c19-17-6-7-18(16(12-17)14-22)21-10-8-20(9-11-21)13-15-4-2-1-3-5-15/h1-7,12,14H,8-11,13H2. The van der Waals surface area contributed by atoms with E-state index in [-0.39, 0.29) is 5.82 Å². The van der Waals surface area contributed by atoms with Crippen LogP contribution in [0.3, 0.4) is 0 Å². The van der Waals surface area contributed by atoms with Gasteiger partial charge in [0.25, 0.3) is 0 Å². The van der Waals surface area contributed by atoms with E-state index in [1.807, 2.05) is 6.07 Å². The predicted molar refractivity (Wildman–Crippen MR) is 85.7 cm³/mol. The smallest absolute Gasteiger partial charge is 0.152 e. The van der Waals surface area contributed by atoms with Crippen LogP contribution in [0.25, 0.3) is 0 Å². The molecule has 0 bridgehead atoms. The van der Waals surface area contributed by atoms with Crippen molar-refractivity contribution in [3.8, 4) is 0 Å². The van der Waals surface area contributed by atoms with E-state index in [9.17, 15) is 9.18 Å². The Morgan fingerprint density at radius 3 is 2.41 bits per heavy atom. The Morgan fingerprint density at radius 1 is 1.00 bits per heavy atom. The number of halogens is 1. The largest absolute Gasteiger partial charge is 0.368 e. The van der Waals surface area contributed by atoms with Crippen molar-refractivity contribution in [2.75, 3.05) is 31.1 Å². The lowest BCUT2D eigenvalue weighted by Gasteiger charge is -2.36. The topological polar surface area (TPSA) is 23.6 Å². The SMILES string of the molecule is O=Cc1cc(F)ccc1N1CCN(Cc2ccccc2)CC1. The monoisotopic (exact) mass is 298 g/mol. The molecular weight excluding hydrogens is 279 g/mol. The van der Waals surface area contributed by atoms with Crippen molar-refractivity contribution in [3.05, 3.63) is 65.5 Å². The summed E-state index contributed by atoms with van der Waals surface area (Å²) < 4.78 is 13.2. The molecule has 1 saturated heterocycles. The summed E-state index contributed by atoms with van der Waals surface area (Å²) in [4.78, 5) is 15.7. The van der Waals surface area contributed by atoms with E-state index in [1.54, 1.807) is 6.07 Å². The van der Waals surface area contributed by atoms with E-state index in [0.717, 1.165) is 44.7 Å². The van der Waals surface area contributed by atoms with Gasteiger partial charge in [-0.2, -0.15) is 0 Å². The Bertz CT molecular complexity index is 637. The molecule has 0 N–H and O–H groups in total. The minimum atomic E-state index is -0.367. The summed E-state index contributed by atoms with van der Waals surface area (Å²) in [6.45, 7) is 4.51. The molecule has 1 heterocycles. The number of carbonyl (C=O) groups is 1. The van der Waals surface area contributed by atoms with Gasteiger partial charge in [-0.1, -0.05) is 30.3 Å². The molecule has 0 aromatic heterocycles. The fraction of sp³-hybridized carbons (Fsp3) is 0.278. The minimum absolute atomic E-state index is 0.367. The van der Waals surface area contributed by atoms with Crippen LogP contribution in [-0.4, -0.2) is 37.4 Å². The number of nitrogens with zero attached hydrogens (tertiary/aromatic N) is 2. The number of hydrogen-bond acceptors (Lipinski definition) is 3. The number of rotatable bonds is 4. The van der Waals surface area contributed by atoms with Crippen LogP contribution in [0, 0.1) is 5.82 Å². The Balaban J connectivity index is 1.63. The third-order valence-electron chi connectivity index (χ3n) is 4.08. The zero-order chi connectivity index (χ0) is 15.4. The Labute approximate surface area is 130 Å². The van der Waals surface area contributed by atoms with E-state index >= 15 is 0 Å². The van der Waals surface area contributed by atoms with Crippen molar-refractivity contribution in [3.63, 3.8) is 0 Å². The molecule has 114 valence electrons. The number of benzene rings is 2. The fourth-order valence-corrected chi connectivity index (χ4v) is 2.90. The van der Waals surface area contributed by atoms with Gasteiger partial charge in [0.2, 0.25) is 0 Å². The summed E-state index contributed by atoms with van der Waals surface area (Å²) in [6.07, 6.45) is 0.731. The molecular formula is C18H19FN2O. The molecule has 3 nitrogen and oxygen atoms in total. The lowest BCUT2D eigenvalue weighted by atomic mass is 10.1. The Hall–Kier alpha value is -2.20. The van der Waals surface area contributed by atoms with Crippen LogP contribution in [0.4, 0.5) is 10.1 Å². The number of hydrogen-bond donors (Lipinski definition) is 0. The van der Waals surface area contributed by atoms with Gasteiger partial charge in [0.1, 0.15) is 5.82 Å². The van der Waals surface area contributed by atoms with Crippen LogP contribution in [-0.2, 0) is 6.54 Å². The second-order valence-corrected chi connectivity index (χ2v) is 5.57. The van der Waals surface area contributed by atoms with E-state index in [0.29, 0.717) is 5.56 Å². The normalized spacial score (nSPS) is 15.8. The minimum Gasteiger partial charge on any atom is -0.368 e. The van der Waals surface area contributed by atoms with E-state index in [2.05, 4.69) is 34.1 Å². The molecule has 1 fully saturated rings. The molecule has 1 aliphatic rings. The van der Waals surface area contributed by atoms with Gasteiger partial charge in [0.05, 0.1) is 0 Å². The molecule has 3 rings (SSSR count). The molecule has 2 aromatic carbocycles. The van der Waals surface area contributed by atoms with Crippen molar-refractivity contribution in [2.45, 2.75) is 6.54 Å². The first-order chi connectivity index (χ1) is 10.8. The van der Waals surface area contributed by atoms with Crippen LogP contribution >= 0.6 is 0 Å². The predicted octanol–water partition coefficient (Wildman–Crippen LogP) is 2.96. The second-order valence-electron chi connectivity index (χ2n) is 5.57. The molecule has 0 aliphatic carbocycles. The Kier molecular flexibility index (Phi) is 4.49. The average Bonchev–Trinajstić information content (AvgIpc) is 2.56. The number of anilines is 1. The third-order valence-corrected chi connectivity index (χ3v) is 4.08. The highest BCUT2D eigenvalue weighted by Crippen LogP contribution is 2.22. The van der Waals surface area contributed by atoms with Crippen molar-refractivity contribution in [2.24, 2.45) is 0 Å². The van der Waals surface area contributed by atoms with E-state index in [4.69, 9.17) is 0 Å². The van der Waals surface area contributed by atoms with Gasteiger partial charge >= 0.3 is 0 Å².